The Morgan fingerprint density at radius 3 is 2.33 bits per heavy atom. The molecule has 0 bridgehead atoms. The van der Waals surface area contributed by atoms with Crippen LogP contribution in [0.2, 0.25) is 0 Å². The summed E-state index contributed by atoms with van der Waals surface area (Å²) in [7, 11) is 0. The zero-order chi connectivity index (χ0) is 9.78. The molecule has 0 saturated heterocycles. The summed E-state index contributed by atoms with van der Waals surface area (Å²) in [6, 6.07) is 0. The molecule has 0 amide bonds. The van der Waals surface area contributed by atoms with Crippen molar-refractivity contribution in [2.45, 2.75) is 39.7 Å². The lowest BCUT2D eigenvalue weighted by molar-refractivity contribution is -0.148. The predicted molar refractivity (Wildman–Crippen MR) is 48.4 cm³/mol. The molecule has 3 heteroatoms. The van der Waals surface area contributed by atoms with Crippen molar-refractivity contribution in [3.8, 4) is 0 Å². The van der Waals surface area contributed by atoms with Gasteiger partial charge >= 0.3 is 5.97 Å². The van der Waals surface area contributed by atoms with Crippen LogP contribution in [-0.2, 0) is 9.53 Å². The molecule has 0 unspecified atom stereocenters. The fraction of sp³-hybridized carbons (Fsp3) is 0.667. The van der Waals surface area contributed by atoms with E-state index in [1.54, 1.807) is 0 Å². The molecule has 12 heavy (non-hydrogen) atoms. The third kappa shape index (κ3) is 5.77. The molecule has 0 aliphatic carbocycles. The lowest BCUT2D eigenvalue weighted by Gasteiger charge is -2.18. The zero-order valence-electron chi connectivity index (χ0n) is 8.18. The van der Waals surface area contributed by atoms with Crippen LogP contribution in [0.25, 0.3) is 0 Å². The first kappa shape index (κ1) is 11.0. The maximum absolute atomic E-state index is 11.0. The van der Waals surface area contributed by atoms with Crippen LogP contribution < -0.4 is 5.73 Å². The molecule has 0 spiro atoms. The van der Waals surface area contributed by atoms with Gasteiger partial charge in [-0.2, -0.15) is 0 Å². The van der Waals surface area contributed by atoms with Gasteiger partial charge in [0.2, 0.25) is 0 Å². The van der Waals surface area contributed by atoms with Crippen molar-refractivity contribution >= 4 is 5.97 Å². The van der Waals surface area contributed by atoms with E-state index in [1.165, 1.54) is 6.08 Å². The minimum atomic E-state index is -0.443. The average molecular weight is 171 g/mol. The number of allylic oxidation sites excluding steroid dienone is 1. The number of carbonyl (C=O) groups excluding carboxylic acids is 1. The maximum Gasteiger partial charge on any atom is 0.333 e. The van der Waals surface area contributed by atoms with Gasteiger partial charge in [-0.05, 0) is 27.2 Å². The average Bonchev–Trinajstić information content (AvgIpc) is 1.82. The highest BCUT2D eigenvalue weighted by atomic mass is 16.6. The van der Waals surface area contributed by atoms with Crippen molar-refractivity contribution in [1.82, 2.24) is 0 Å². The summed E-state index contributed by atoms with van der Waals surface area (Å²) in [6.07, 6.45) is 1.99. The van der Waals surface area contributed by atoms with Gasteiger partial charge in [0, 0.05) is 11.8 Å². The molecule has 2 N–H and O–H groups in total. The number of ether oxygens (including phenoxy) is 1. The molecular weight excluding hydrogens is 154 g/mol. The van der Waals surface area contributed by atoms with E-state index in [0.29, 0.717) is 12.1 Å². The quantitative estimate of drug-likeness (QED) is 0.507. The van der Waals surface area contributed by atoms with Crippen molar-refractivity contribution in [1.29, 1.82) is 0 Å². The van der Waals surface area contributed by atoms with Gasteiger partial charge in [0.1, 0.15) is 5.60 Å². The van der Waals surface area contributed by atoms with Crippen LogP contribution in [0.15, 0.2) is 11.8 Å². The van der Waals surface area contributed by atoms with Gasteiger partial charge in [0.05, 0.1) is 0 Å². The minimum Gasteiger partial charge on any atom is -0.457 e. The van der Waals surface area contributed by atoms with Gasteiger partial charge in [0.15, 0.2) is 0 Å². The molecule has 0 aliphatic heterocycles. The van der Waals surface area contributed by atoms with Gasteiger partial charge in [-0.1, -0.05) is 6.92 Å². The van der Waals surface area contributed by atoms with Crippen LogP contribution in [0.4, 0.5) is 0 Å². The molecule has 0 saturated carbocycles. The predicted octanol–water partition coefficient (Wildman–Crippen LogP) is 1.58. The Morgan fingerprint density at radius 2 is 2.00 bits per heavy atom. The molecular formula is C9H17NO2. The normalized spacial score (nSPS) is 12.8. The van der Waals surface area contributed by atoms with Crippen LogP contribution >= 0.6 is 0 Å². The summed E-state index contributed by atoms with van der Waals surface area (Å²) in [6.45, 7) is 7.35. The molecule has 0 radical (unpaired) electrons. The molecule has 0 rings (SSSR count). The second-order valence-corrected chi connectivity index (χ2v) is 3.61. The summed E-state index contributed by atoms with van der Waals surface area (Å²) in [4.78, 5) is 11.0. The largest absolute Gasteiger partial charge is 0.457 e. The van der Waals surface area contributed by atoms with Crippen molar-refractivity contribution in [2.24, 2.45) is 5.73 Å². The van der Waals surface area contributed by atoms with Gasteiger partial charge < -0.3 is 10.5 Å². The van der Waals surface area contributed by atoms with E-state index in [0.717, 1.165) is 0 Å². The van der Waals surface area contributed by atoms with Crippen LogP contribution in [0.5, 0.6) is 0 Å². The number of esters is 1. The summed E-state index contributed by atoms with van der Waals surface area (Å²) in [5, 5.41) is 0. The zero-order valence-corrected chi connectivity index (χ0v) is 8.18. The Balaban J connectivity index is 4.08. The summed E-state index contributed by atoms with van der Waals surface area (Å²) >= 11 is 0. The first-order valence-electron chi connectivity index (χ1n) is 4.04. The van der Waals surface area contributed by atoms with Gasteiger partial charge in [-0.25, -0.2) is 4.79 Å². The monoisotopic (exact) mass is 171 g/mol. The fourth-order valence-corrected chi connectivity index (χ4v) is 0.585. The number of hydrogen-bond donors (Lipinski definition) is 1. The topological polar surface area (TPSA) is 52.3 Å². The highest BCUT2D eigenvalue weighted by Gasteiger charge is 2.14. The maximum atomic E-state index is 11.0. The molecule has 70 valence electrons. The second kappa shape index (κ2) is 4.14. The SMILES string of the molecule is CCC(N)=CC(=O)OC(C)(C)C. The summed E-state index contributed by atoms with van der Waals surface area (Å²) < 4.78 is 5.01. The summed E-state index contributed by atoms with van der Waals surface area (Å²) in [5.41, 5.74) is 5.56. The van der Waals surface area contributed by atoms with Crippen molar-refractivity contribution in [3.05, 3.63) is 11.8 Å². The molecule has 0 aliphatic rings. The van der Waals surface area contributed by atoms with Crippen molar-refractivity contribution < 1.29 is 9.53 Å². The number of rotatable bonds is 2. The van der Waals surface area contributed by atoms with E-state index in [4.69, 9.17) is 10.5 Å². The fourth-order valence-electron chi connectivity index (χ4n) is 0.585. The van der Waals surface area contributed by atoms with Crippen LogP contribution in [0.3, 0.4) is 0 Å². The highest BCUT2D eigenvalue weighted by Crippen LogP contribution is 2.07. The standard InChI is InChI=1S/C9H17NO2/c1-5-7(10)6-8(11)12-9(2,3)4/h6H,5,10H2,1-4H3. The lowest BCUT2D eigenvalue weighted by Crippen LogP contribution is -2.23. The second-order valence-electron chi connectivity index (χ2n) is 3.61. The van der Waals surface area contributed by atoms with E-state index >= 15 is 0 Å². The third-order valence-corrected chi connectivity index (χ3v) is 1.12. The molecule has 0 aromatic heterocycles. The Hall–Kier alpha value is -0.990. The van der Waals surface area contributed by atoms with Crippen molar-refractivity contribution in [3.63, 3.8) is 0 Å². The Labute approximate surface area is 73.6 Å². The number of nitrogens with two attached hydrogens (primary N) is 1. The lowest BCUT2D eigenvalue weighted by atomic mass is 10.2. The van der Waals surface area contributed by atoms with Crippen LogP contribution in [0, 0.1) is 0 Å². The van der Waals surface area contributed by atoms with Gasteiger partial charge in [-0.15, -0.1) is 0 Å². The van der Waals surface area contributed by atoms with Gasteiger partial charge in [0.25, 0.3) is 0 Å². The summed E-state index contributed by atoms with van der Waals surface area (Å²) in [5.74, 6) is -0.373. The van der Waals surface area contributed by atoms with Crippen LogP contribution in [0.1, 0.15) is 34.1 Å². The smallest absolute Gasteiger partial charge is 0.333 e. The van der Waals surface area contributed by atoms with Gasteiger partial charge in [-0.3, -0.25) is 0 Å². The Morgan fingerprint density at radius 1 is 1.50 bits per heavy atom. The third-order valence-electron chi connectivity index (χ3n) is 1.12. The molecule has 3 nitrogen and oxygen atoms in total. The molecule has 0 fully saturated rings. The van der Waals surface area contributed by atoms with E-state index < -0.39 is 5.60 Å². The molecule has 0 atom stereocenters. The molecule has 0 aromatic carbocycles. The number of hydrogen-bond acceptors (Lipinski definition) is 3. The first-order valence-corrected chi connectivity index (χ1v) is 4.04. The minimum absolute atomic E-state index is 0.373. The van der Waals surface area contributed by atoms with Crippen LogP contribution in [-0.4, -0.2) is 11.6 Å². The molecule has 0 aromatic rings. The Kier molecular flexibility index (Phi) is 3.80. The van der Waals surface area contributed by atoms with E-state index in [9.17, 15) is 4.79 Å². The van der Waals surface area contributed by atoms with E-state index in [2.05, 4.69) is 0 Å². The number of carbonyl (C=O) groups is 1. The van der Waals surface area contributed by atoms with E-state index in [-0.39, 0.29) is 5.97 Å². The highest BCUT2D eigenvalue weighted by molar-refractivity contribution is 5.82. The van der Waals surface area contributed by atoms with E-state index in [1.807, 2.05) is 27.7 Å². The molecule has 0 heterocycles. The Bertz CT molecular complexity index is 189. The first-order chi connectivity index (χ1) is 5.35. The van der Waals surface area contributed by atoms with Crippen molar-refractivity contribution in [2.75, 3.05) is 0 Å².